The average molecular weight is 154 g/mol. The number of rotatable bonds is 1. The van der Waals surface area contributed by atoms with Crippen LogP contribution in [-0.4, -0.2) is 0 Å². The molecule has 0 radical (unpaired) electrons. The predicted octanol–water partition coefficient (Wildman–Crippen LogP) is 2.53. The lowest BCUT2D eigenvalue weighted by Gasteiger charge is -2.03. The quantitative estimate of drug-likeness (QED) is 0.483. The van der Waals surface area contributed by atoms with Gasteiger partial charge >= 0.3 is 0 Å². The molecule has 0 N–H and O–H groups in total. The Morgan fingerprint density at radius 1 is 1.30 bits per heavy atom. The van der Waals surface area contributed by atoms with Crippen molar-refractivity contribution in [2.75, 3.05) is 0 Å². The molecule has 1 aromatic carbocycles. The minimum absolute atomic E-state index is 0.836. The summed E-state index contributed by atoms with van der Waals surface area (Å²) in [5.74, 6) is 0.836. The number of hydrogen-bond donors (Lipinski definition) is 1. The molecule has 0 spiro atoms. The Bertz CT molecular complexity index is 233. The van der Waals surface area contributed by atoms with Gasteiger partial charge in [0.15, 0.2) is 0 Å². The molecule has 1 rings (SSSR count). The van der Waals surface area contributed by atoms with Crippen LogP contribution in [0.15, 0.2) is 18.2 Å². The van der Waals surface area contributed by atoms with Crippen LogP contribution in [0, 0.1) is 13.8 Å². The van der Waals surface area contributed by atoms with Gasteiger partial charge in [-0.15, -0.1) is 0 Å². The van der Waals surface area contributed by atoms with Gasteiger partial charge in [-0.2, -0.15) is 0 Å². The summed E-state index contributed by atoms with van der Waals surface area (Å²) in [4.78, 5) is 0. The molecule has 0 atom stereocenters. The Kier molecular flexibility index (Phi) is 2.22. The Morgan fingerprint density at radius 2 is 2.00 bits per heavy atom. The summed E-state index contributed by atoms with van der Waals surface area (Å²) in [7, 11) is 0. The van der Waals surface area contributed by atoms with E-state index >= 15 is 0 Å². The molecule has 0 fully saturated rings. The molecule has 0 saturated carbocycles. The maximum absolute atomic E-state index is 4.82. The largest absolute Gasteiger partial charge is 0.429 e. The molecule has 0 amide bonds. The molecule has 1 nitrogen and oxygen atoms in total. The Labute approximate surface area is 66.6 Å². The Morgan fingerprint density at radius 3 is 2.50 bits per heavy atom. The van der Waals surface area contributed by atoms with Crippen molar-refractivity contribution in [3.63, 3.8) is 0 Å². The fourth-order valence-electron chi connectivity index (χ4n) is 0.823. The van der Waals surface area contributed by atoms with Gasteiger partial charge < -0.3 is 4.18 Å². The van der Waals surface area contributed by atoms with Gasteiger partial charge in [-0.05, 0) is 31.0 Å². The zero-order chi connectivity index (χ0) is 7.56. The van der Waals surface area contributed by atoms with Crippen LogP contribution in [0.25, 0.3) is 0 Å². The fourth-order valence-corrected chi connectivity index (χ4v) is 1.02. The van der Waals surface area contributed by atoms with Gasteiger partial charge in [0.2, 0.25) is 0 Å². The zero-order valence-corrected chi connectivity index (χ0v) is 6.98. The highest BCUT2D eigenvalue weighted by atomic mass is 32.1. The smallest absolute Gasteiger partial charge is 0.140 e. The summed E-state index contributed by atoms with van der Waals surface area (Å²) >= 11 is 3.73. The van der Waals surface area contributed by atoms with Crippen LogP contribution in [0.3, 0.4) is 0 Å². The first-order valence-electron chi connectivity index (χ1n) is 3.13. The van der Waals surface area contributed by atoms with E-state index in [4.69, 9.17) is 4.18 Å². The maximum atomic E-state index is 4.82. The van der Waals surface area contributed by atoms with Crippen LogP contribution < -0.4 is 4.18 Å². The van der Waals surface area contributed by atoms with Crippen molar-refractivity contribution in [2.24, 2.45) is 0 Å². The second kappa shape index (κ2) is 2.97. The Balaban J connectivity index is 3.14. The van der Waals surface area contributed by atoms with Crippen LogP contribution in [0.2, 0.25) is 0 Å². The zero-order valence-electron chi connectivity index (χ0n) is 6.09. The van der Waals surface area contributed by atoms with E-state index in [-0.39, 0.29) is 0 Å². The molecule has 0 aromatic heterocycles. The van der Waals surface area contributed by atoms with Gasteiger partial charge in [0.1, 0.15) is 5.75 Å². The van der Waals surface area contributed by atoms with Gasteiger partial charge in [0.25, 0.3) is 0 Å². The third kappa shape index (κ3) is 1.27. The molecular weight excluding hydrogens is 144 g/mol. The summed E-state index contributed by atoms with van der Waals surface area (Å²) in [6, 6.07) is 5.90. The lowest BCUT2D eigenvalue weighted by Crippen LogP contribution is -1.83. The van der Waals surface area contributed by atoms with E-state index in [1.165, 1.54) is 5.56 Å². The van der Waals surface area contributed by atoms with Gasteiger partial charge in [0.05, 0.1) is 0 Å². The molecule has 0 aliphatic heterocycles. The van der Waals surface area contributed by atoms with E-state index in [1.54, 1.807) is 0 Å². The topological polar surface area (TPSA) is 9.23 Å². The van der Waals surface area contributed by atoms with Gasteiger partial charge in [-0.1, -0.05) is 12.1 Å². The summed E-state index contributed by atoms with van der Waals surface area (Å²) in [6.45, 7) is 4.06. The highest BCUT2D eigenvalue weighted by Crippen LogP contribution is 2.20. The maximum Gasteiger partial charge on any atom is 0.140 e. The standard InChI is InChI=1S/C8H10OS/c1-6-4-3-5-8(9-10)7(6)2/h3-5,10H,1-2H3. The molecule has 0 bridgehead atoms. The Hall–Kier alpha value is -0.630. The van der Waals surface area contributed by atoms with Crippen molar-refractivity contribution >= 4 is 12.9 Å². The fraction of sp³-hybridized carbons (Fsp3) is 0.250. The van der Waals surface area contributed by atoms with E-state index < -0.39 is 0 Å². The molecule has 2 heteroatoms. The lowest BCUT2D eigenvalue weighted by atomic mass is 10.1. The predicted molar refractivity (Wildman–Crippen MR) is 45.5 cm³/mol. The van der Waals surface area contributed by atoms with Crippen LogP contribution in [-0.2, 0) is 0 Å². The van der Waals surface area contributed by atoms with Crippen LogP contribution in [0.1, 0.15) is 11.1 Å². The minimum Gasteiger partial charge on any atom is -0.429 e. The molecule has 54 valence electrons. The highest BCUT2D eigenvalue weighted by Gasteiger charge is 1.98. The summed E-state index contributed by atoms with van der Waals surface area (Å²) in [5.41, 5.74) is 2.38. The molecule has 0 aliphatic carbocycles. The first-order chi connectivity index (χ1) is 4.75. The van der Waals surface area contributed by atoms with E-state index in [0.717, 1.165) is 11.3 Å². The number of hydrogen-bond acceptors (Lipinski definition) is 2. The van der Waals surface area contributed by atoms with E-state index in [1.807, 2.05) is 32.0 Å². The van der Waals surface area contributed by atoms with Crippen molar-refractivity contribution in [1.82, 2.24) is 0 Å². The number of aryl methyl sites for hydroxylation is 1. The molecule has 0 saturated heterocycles. The SMILES string of the molecule is Cc1cccc(OS)c1C. The van der Waals surface area contributed by atoms with E-state index in [0.29, 0.717) is 0 Å². The van der Waals surface area contributed by atoms with Crippen LogP contribution >= 0.6 is 12.9 Å². The van der Waals surface area contributed by atoms with Crippen molar-refractivity contribution in [3.8, 4) is 5.75 Å². The lowest BCUT2D eigenvalue weighted by molar-refractivity contribution is 0.651. The average Bonchev–Trinajstić information content (AvgIpc) is 1.95. The van der Waals surface area contributed by atoms with Crippen LogP contribution in [0.4, 0.5) is 0 Å². The monoisotopic (exact) mass is 154 g/mol. The van der Waals surface area contributed by atoms with Gasteiger partial charge in [-0.3, -0.25) is 0 Å². The van der Waals surface area contributed by atoms with Crippen molar-refractivity contribution in [3.05, 3.63) is 29.3 Å². The molecule has 0 aliphatic rings. The molecule has 0 unspecified atom stereocenters. The number of thiol groups is 1. The number of benzene rings is 1. The van der Waals surface area contributed by atoms with Crippen LogP contribution in [0.5, 0.6) is 5.75 Å². The molecule has 10 heavy (non-hydrogen) atoms. The third-order valence-electron chi connectivity index (χ3n) is 1.65. The van der Waals surface area contributed by atoms with Gasteiger partial charge in [-0.25, -0.2) is 0 Å². The first kappa shape index (κ1) is 7.48. The second-order valence-corrected chi connectivity index (χ2v) is 2.47. The van der Waals surface area contributed by atoms with E-state index in [2.05, 4.69) is 12.9 Å². The first-order valence-corrected chi connectivity index (χ1v) is 3.50. The highest BCUT2D eigenvalue weighted by molar-refractivity contribution is 7.75. The minimum atomic E-state index is 0.836. The van der Waals surface area contributed by atoms with Crippen molar-refractivity contribution < 1.29 is 4.18 Å². The molecular formula is C8H10OS. The summed E-state index contributed by atoms with van der Waals surface area (Å²) < 4.78 is 4.82. The normalized spacial score (nSPS) is 9.50. The molecule has 0 heterocycles. The third-order valence-corrected chi connectivity index (χ3v) is 1.85. The summed E-state index contributed by atoms with van der Waals surface area (Å²) in [6.07, 6.45) is 0. The molecule has 1 aromatic rings. The van der Waals surface area contributed by atoms with Crippen molar-refractivity contribution in [1.29, 1.82) is 0 Å². The van der Waals surface area contributed by atoms with Crippen molar-refractivity contribution in [2.45, 2.75) is 13.8 Å². The summed E-state index contributed by atoms with van der Waals surface area (Å²) in [5, 5.41) is 0. The van der Waals surface area contributed by atoms with Gasteiger partial charge in [0, 0.05) is 12.9 Å². The van der Waals surface area contributed by atoms with E-state index in [9.17, 15) is 0 Å². The second-order valence-electron chi connectivity index (χ2n) is 2.29.